The highest BCUT2D eigenvalue weighted by atomic mass is 16.2. The van der Waals surface area contributed by atoms with Crippen LogP contribution in [0, 0.1) is 0 Å². The predicted octanol–water partition coefficient (Wildman–Crippen LogP) is 2.25. The third-order valence-corrected chi connectivity index (χ3v) is 3.44. The molecule has 0 aliphatic carbocycles. The van der Waals surface area contributed by atoms with Crippen LogP contribution in [-0.4, -0.2) is 16.8 Å². The van der Waals surface area contributed by atoms with Gasteiger partial charge >= 0.3 is 0 Å². The summed E-state index contributed by atoms with van der Waals surface area (Å²) in [4.78, 5) is 27.1. The van der Waals surface area contributed by atoms with Crippen molar-refractivity contribution in [2.75, 3.05) is 5.73 Å². The van der Waals surface area contributed by atoms with Crippen LogP contribution in [0.2, 0.25) is 0 Å². The number of benzene rings is 2. The lowest BCUT2D eigenvalue weighted by atomic mass is 10.1. The Morgan fingerprint density at radius 2 is 1.91 bits per heavy atom. The van der Waals surface area contributed by atoms with Gasteiger partial charge in [0.1, 0.15) is 0 Å². The minimum absolute atomic E-state index is 0.132. The van der Waals surface area contributed by atoms with E-state index in [1.807, 2.05) is 30.5 Å². The first kappa shape index (κ1) is 13.9. The largest absolute Gasteiger partial charge is 0.398 e. The number of H-pyrrole nitrogens is 1. The number of aromatic nitrogens is 1. The fraction of sp³-hybridized carbons (Fsp3) is 0.0588. The molecule has 0 aliphatic rings. The molecule has 2 aromatic carbocycles. The van der Waals surface area contributed by atoms with Crippen LogP contribution in [0.3, 0.4) is 0 Å². The number of fused-ring (bicyclic) bond motifs is 1. The van der Waals surface area contributed by atoms with Crippen LogP contribution in [0.1, 0.15) is 15.9 Å². The summed E-state index contributed by atoms with van der Waals surface area (Å²) in [7, 11) is 0. The minimum Gasteiger partial charge on any atom is -0.398 e. The summed E-state index contributed by atoms with van der Waals surface area (Å²) in [6.07, 6.45) is 1.98. The van der Waals surface area contributed by atoms with E-state index in [0.717, 1.165) is 16.5 Å². The lowest BCUT2D eigenvalue weighted by Crippen LogP contribution is -2.32. The van der Waals surface area contributed by atoms with Gasteiger partial charge in [-0.1, -0.05) is 24.3 Å². The van der Waals surface area contributed by atoms with Crippen molar-refractivity contribution in [3.05, 3.63) is 65.9 Å². The molecule has 4 N–H and O–H groups in total. The van der Waals surface area contributed by atoms with Gasteiger partial charge in [0, 0.05) is 17.4 Å². The molecule has 0 aliphatic heterocycles. The Hall–Kier alpha value is -3.08. The van der Waals surface area contributed by atoms with Crippen LogP contribution in [-0.2, 0) is 11.2 Å². The molecule has 3 rings (SSSR count). The molecule has 0 saturated carbocycles. The molecule has 0 unspecified atom stereocenters. The zero-order valence-electron chi connectivity index (χ0n) is 11.8. The minimum atomic E-state index is -0.482. The van der Waals surface area contributed by atoms with Crippen LogP contribution < -0.4 is 11.1 Å². The number of para-hydroxylation sites is 1. The van der Waals surface area contributed by atoms with Crippen LogP contribution in [0.15, 0.2) is 54.7 Å². The van der Waals surface area contributed by atoms with Crippen molar-refractivity contribution >= 4 is 28.4 Å². The molecular weight excluding hydrogens is 278 g/mol. The Kier molecular flexibility index (Phi) is 3.62. The van der Waals surface area contributed by atoms with Gasteiger partial charge in [-0.25, -0.2) is 0 Å². The van der Waals surface area contributed by atoms with Crippen molar-refractivity contribution in [1.82, 2.24) is 10.3 Å². The first-order chi connectivity index (χ1) is 10.6. The van der Waals surface area contributed by atoms with E-state index in [0.29, 0.717) is 11.3 Å². The lowest BCUT2D eigenvalue weighted by molar-refractivity contribution is -0.119. The van der Waals surface area contributed by atoms with E-state index >= 15 is 0 Å². The number of nitrogens with two attached hydrogens (primary N) is 1. The number of anilines is 1. The fourth-order valence-corrected chi connectivity index (χ4v) is 2.33. The average molecular weight is 293 g/mol. The third-order valence-electron chi connectivity index (χ3n) is 3.44. The fourth-order valence-electron chi connectivity index (χ4n) is 2.33. The number of carbonyl (C=O) groups is 2. The van der Waals surface area contributed by atoms with Crippen LogP contribution in [0.4, 0.5) is 5.69 Å². The lowest BCUT2D eigenvalue weighted by Gasteiger charge is -2.06. The molecule has 5 nitrogen and oxygen atoms in total. The second-order valence-corrected chi connectivity index (χ2v) is 5.04. The van der Waals surface area contributed by atoms with Gasteiger partial charge in [0.2, 0.25) is 5.91 Å². The second-order valence-electron chi connectivity index (χ2n) is 5.04. The summed E-state index contributed by atoms with van der Waals surface area (Å²) in [5.74, 6) is -0.844. The number of aromatic amines is 1. The standard InChI is InChI=1S/C17H15N3O2/c18-14-4-2-1-3-13(14)17(22)20-16(21)10-11-5-6-12-7-8-19-15(12)9-11/h1-9,19H,10,18H2,(H,20,21,22). The van der Waals surface area contributed by atoms with Crippen molar-refractivity contribution < 1.29 is 9.59 Å². The molecule has 0 fully saturated rings. The zero-order chi connectivity index (χ0) is 15.5. The highest BCUT2D eigenvalue weighted by Crippen LogP contribution is 2.15. The topological polar surface area (TPSA) is 88.0 Å². The van der Waals surface area contributed by atoms with E-state index in [-0.39, 0.29) is 12.3 Å². The highest BCUT2D eigenvalue weighted by Gasteiger charge is 2.13. The van der Waals surface area contributed by atoms with Crippen molar-refractivity contribution in [2.45, 2.75) is 6.42 Å². The molecule has 22 heavy (non-hydrogen) atoms. The Morgan fingerprint density at radius 3 is 2.73 bits per heavy atom. The molecule has 0 saturated heterocycles. The Labute approximate surface area is 127 Å². The second kappa shape index (κ2) is 5.73. The smallest absolute Gasteiger partial charge is 0.259 e. The van der Waals surface area contributed by atoms with Gasteiger partial charge in [0.05, 0.1) is 12.0 Å². The normalized spacial score (nSPS) is 10.5. The SMILES string of the molecule is Nc1ccccc1C(=O)NC(=O)Cc1ccc2cc[nH]c2c1. The van der Waals surface area contributed by atoms with E-state index in [1.54, 1.807) is 24.3 Å². The molecule has 0 spiro atoms. The van der Waals surface area contributed by atoms with Crippen molar-refractivity contribution in [1.29, 1.82) is 0 Å². The highest BCUT2D eigenvalue weighted by molar-refractivity contribution is 6.07. The Morgan fingerprint density at radius 1 is 1.09 bits per heavy atom. The number of hydrogen-bond acceptors (Lipinski definition) is 3. The average Bonchev–Trinajstić information content (AvgIpc) is 2.95. The van der Waals surface area contributed by atoms with Gasteiger partial charge in [-0.3, -0.25) is 14.9 Å². The Balaban J connectivity index is 1.69. The number of carbonyl (C=O) groups excluding carboxylic acids is 2. The van der Waals surface area contributed by atoms with Crippen LogP contribution in [0.25, 0.3) is 10.9 Å². The van der Waals surface area contributed by atoms with E-state index in [4.69, 9.17) is 5.73 Å². The number of nitrogen functional groups attached to an aromatic ring is 1. The summed E-state index contributed by atoms with van der Waals surface area (Å²) >= 11 is 0. The number of hydrogen-bond donors (Lipinski definition) is 3. The molecule has 110 valence electrons. The summed E-state index contributed by atoms with van der Waals surface area (Å²) in [5.41, 5.74) is 8.17. The summed E-state index contributed by atoms with van der Waals surface area (Å²) < 4.78 is 0. The van der Waals surface area contributed by atoms with E-state index in [2.05, 4.69) is 10.3 Å². The van der Waals surface area contributed by atoms with Crippen molar-refractivity contribution in [3.8, 4) is 0 Å². The zero-order valence-corrected chi connectivity index (χ0v) is 11.8. The number of amides is 2. The number of nitrogens with one attached hydrogen (secondary N) is 2. The van der Waals surface area contributed by atoms with Crippen molar-refractivity contribution in [2.24, 2.45) is 0 Å². The Bertz CT molecular complexity index is 852. The van der Waals surface area contributed by atoms with Gasteiger partial charge in [-0.05, 0) is 35.2 Å². The predicted molar refractivity (Wildman–Crippen MR) is 85.3 cm³/mol. The van der Waals surface area contributed by atoms with E-state index < -0.39 is 5.91 Å². The van der Waals surface area contributed by atoms with Gasteiger partial charge in [-0.2, -0.15) is 0 Å². The molecular formula is C17H15N3O2. The first-order valence-corrected chi connectivity index (χ1v) is 6.88. The summed E-state index contributed by atoms with van der Waals surface area (Å²) in [5, 5.41) is 3.44. The molecule has 3 aromatic rings. The molecule has 0 atom stereocenters. The van der Waals surface area contributed by atoms with Crippen LogP contribution >= 0.6 is 0 Å². The van der Waals surface area contributed by atoms with E-state index in [9.17, 15) is 9.59 Å². The van der Waals surface area contributed by atoms with Gasteiger partial charge in [0.15, 0.2) is 0 Å². The summed E-state index contributed by atoms with van der Waals surface area (Å²) in [6.45, 7) is 0. The van der Waals surface area contributed by atoms with E-state index in [1.165, 1.54) is 0 Å². The summed E-state index contributed by atoms with van der Waals surface area (Å²) in [6, 6.07) is 14.3. The maximum Gasteiger partial charge on any atom is 0.259 e. The maximum atomic E-state index is 12.0. The molecule has 2 amide bonds. The maximum absolute atomic E-state index is 12.0. The van der Waals surface area contributed by atoms with Crippen LogP contribution in [0.5, 0.6) is 0 Å². The van der Waals surface area contributed by atoms with Gasteiger partial charge in [0.25, 0.3) is 5.91 Å². The molecule has 0 radical (unpaired) electrons. The van der Waals surface area contributed by atoms with Gasteiger partial charge in [-0.15, -0.1) is 0 Å². The molecule has 0 bridgehead atoms. The first-order valence-electron chi connectivity index (χ1n) is 6.88. The molecule has 5 heteroatoms. The van der Waals surface area contributed by atoms with Gasteiger partial charge < -0.3 is 10.7 Å². The number of rotatable bonds is 3. The quantitative estimate of drug-likeness (QED) is 0.647. The molecule has 1 heterocycles. The number of imide groups is 1. The third kappa shape index (κ3) is 2.83. The molecule has 1 aromatic heterocycles. The van der Waals surface area contributed by atoms with Crippen molar-refractivity contribution in [3.63, 3.8) is 0 Å². The monoisotopic (exact) mass is 293 g/mol.